The van der Waals surface area contributed by atoms with Gasteiger partial charge in [0.05, 0.1) is 17.8 Å². The van der Waals surface area contributed by atoms with Crippen molar-refractivity contribution in [2.75, 3.05) is 18.1 Å². The molecule has 2 aliphatic heterocycles. The summed E-state index contributed by atoms with van der Waals surface area (Å²) in [5, 5.41) is 7.42. The Labute approximate surface area is 172 Å². The van der Waals surface area contributed by atoms with Crippen molar-refractivity contribution in [3.8, 4) is 5.75 Å². The minimum absolute atomic E-state index is 0.0367. The highest BCUT2D eigenvalue weighted by molar-refractivity contribution is 6.00. The number of aromatic nitrogens is 3. The molecule has 1 atom stereocenters. The number of fused-ring (bicyclic) bond motifs is 5. The number of rotatable bonds is 0. The average Bonchev–Trinajstić information content (AvgIpc) is 3.38. The summed E-state index contributed by atoms with van der Waals surface area (Å²) in [7, 11) is 0. The summed E-state index contributed by atoms with van der Waals surface area (Å²) in [4.78, 5) is 20.0. The lowest BCUT2D eigenvalue weighted by Gasteiger charge is -2.37. The van der Waals surface area contributed by atoms with Gasteiger partial charge in [-0.15, -0.1) is 0 Å². The number of hydrogen-bond donors (Lipinski definition) is 1. The van der Waals surface area contributed by atoms with Gasteiger partial charge in [-0.3, -0.25) is 4.79 Å². The molecule has 1 aromatic carbocycles. The maximum absolute atomic E-state index is 14.3. The largest absolute Gasteiger partial charge is 0.491 e. The average molecular weight is 407 g/mol. The van der Waals surface area contributed by atoms with Crippen molar-refractivity contribution in [1.82, 2.24) is 19.9 Å². The van der Waals surface area contributed by atoms with Gasteiger partial charge in [0.1, 0.15) is 29.6 Å². The first-order chi connectivity index (χ1) is 14.6. The SMILES string of the molecule is O=C1NC2(CC2)COc2ccc(F)cc2C2CCCCN2c2ccn3ncc1c3n2. The molecule has 1 amide bonds. The van der Waals surface area contributed by atoms with E-state index in [0.29, 0.717) is 23.6 Å². The van der Waals surface area contributed by atoms with E-state index in [0.717, 1.165) is 50.0 Å². The second-order valence-electron chi connectivity index (χ2n) is 8.52. The van der Waals surface area contributed by atoms with E-state index in [1.807, 2.05) is 12.3 Å². The van der Waals surface area contributed by atoms with Crippen LogP contribution in [0.5, 0.6) is 5.75 Å². The van der Waals surface area contributed by atoms with E-state index < -0.39 is 5.54 Å². The fourth-order valence-corrected chi connectivity index (χ4v) is 4.60. The Hall–Kier alpha value is -3.16. The van der Waals surface area contributed by atoms with Crippen LogP contribution in [0.4, 0.5) is 10.2 Å². The van der Waals surface area contributed by atoms with Crippen LogP contribution in [0.3, 0.4) is 0 Å². The highest BCUT2D eigenvalue weighted by atomic mass is 19.1. The maximum atomic E-state index is 14.3. The van der Waals surface area contributed by atoms with Crippen LogP contribution in [0.1, 0.15) is 54.1 Å². The monoisotopic (exact) mass is 407 g/mol. The van der Waals surface area contributed by atoms with Gasteiger partial charge in [0.25, 0.3) is 5.91 Å². The Bertz CT molecular complexity index is 1160. The minimum Gasteiger partial charge on any atom is -0.491 e. The highest BCUT2D eigenvalue weighted by Gasteiger charge is 2.46. The van der Waals surface area contributed by atoms with Crippen molar-refractivity contribution < 1.29 is 13.9 Å². The molecule has 154 valence electrons. The molecule has 7 nitrogen and oxygen atoms in total. The van der Waals surface area contributed by atoms with E-state index in [9.17, 15) is 9.18 Å². The zero-order valence-electron chi connectivity index (χ0n) is 16.5. The van der Waals surface area contributed by atoms with Gasteiger partial charge in [-0.1, -0.05) is 0 Å². The third-order valence-corrected chi connectivity index (χ3v) is 6.46. The number of piperidine rings is 1. The number of amides is 1. The molecule has 0 radical (unpaired) electrons. The number of ether oxygens (including phenoxy) is 1. The second kappa shape index (κ2) is 6.42. The first-order valence-electron chi connectivity index (χ1n) is 10.5. The third-order valence-electron chi connectivity index (χ3n) is 6.46. The van der Waals surface area contributed by atoms with Gasteiger partial charge in [-0.2, -0.15) is 5.10 Å². The topological polar surface area (TPSA) is 71.8 Å². The summed E-state index contributed by atoms with van der Waals surface area (Å²) in [6, 6.07) is 6.59. The molecule has 1 saturated carbocycles. The number of anilines is 1. The van der Waals surface area contributed by atoms with E-state index in [1.165, 1.54) is 6.07 Å². The zero-order chi connectivity index (χ0) is 20.3. The summed E-state index contributed by atoms with van der Waals surface area (Å²) in [5.74, 6) is 0.974. The van der Waals surface area contributed by atoms with Gasteiger partial charge in [0, 0.05) is 18.3 Å². The fraction of sp³-hybridized carbons (Fsp3) is 0.409. The first kappa shape index (κ1) is 17.7. The van der Waals surface area contributed by atoms with E-state index in [4.69, 9.17) is 9.72 Å². The highest BCUT2D eigenvalue weighted by Crippen LogP contribution is 2.41. The summed E-state index contributed by atoms with van der Waals surface area (Å²) < 4.78 is 22.1. The Morgan fingerprint density at radius 3 is 3.00 bits per heavy atom. The lowest BCUT2D eigenvalue weighted by molar-refractivity contribution is 0.0914. The third kappa shape index (κ3) is 2.81. The summed E-state index contributed by atoms with van der Waals surface area (Å²) in [6.07, 6.45) is 8.07. The quantitative estimate of drug-likeness (QED) is 0.619. The number of nitrogens with zero attached hydrogens (tertiary/aromatic N) is 4. The number of carbonyl (C=O) groups excluding carboxylic acids is 1. The van der Waals surface area contributed by atoms with Gasteiger partial charge in [0.2, 0.25) is 0 Å². The van der Waals surface area contributed by atoms with Crippen LogP contribution in [0.15, 0.2) is 36.7 Å². The molecule has 3 aliphatic rings. The molecular formula is C22H22FN5O2. The molecule has 6 rings (SSSR count). The Morgan fingerprint density at radius 2 is 2.13 bits per heavy atom. The number of hydrogen-bond acceptors (Lipinski definition) is 5. The molecule has 2 fully saturated rings. The number of benzene rings is 1. The predicted octanol–water partition coefficient (Wildman–Crippen LogP) is 3.25. The summed E-state index contributed by atoms with van der Waals surface area (Å²) in [6.45, 7) is 1.17. The molecule has 8 heteroatoms. The van der Waals surface area contributed by atoms with E-state index in [2.05, 4.69) is 15.3 Å². The summed E-state index contributed by atoms with van der Waals surface area (Å²) in [5.41, 5.74) is 1.44. The maximum Gasteiger partial charge on any atom is 0.257 e. The molecule has 2 bridgehead atoms. The normalized spacial score (nSPS) is 22.4. The van der Waals surface area contributed by atoms with Crippen LogP contribution in [0, 0.1) is 5.82 Å². The van der Waals surface area contributed by atoms with Gasteiger partial charge < -0.3 is 15.0 Å². The second-order valence-corrected chi connectivity index (χ2v) is 8.52. The lowest BCUT2D eigenvalue weighted by atomic mass is 9.94. The molecule has 1 saturated heterocycles. The van der Waals surface area contributed by atoms with Gasteiger partial charge in [-0.05, 0) is 56.4 Å². The van der Waals surface area contributed by atoms with Crippen molar-refractivity contribution in [3.05, 3.63) is 53.6 Å². The van der Waals surface area contributed by atoms with Crippen LogP contribution < -0.4 is 15.0 Å². The smallest absolute Gasteiger partial charge is 0.257 e. The van der Waals surface area contributed by atoms with Crippen molar-refractivity contribution in [2.45, 2.75) is 43.7 Å². The van der Waals surface area contributed by atoms with Crippen molar-refractivity contribution in [2.24, 2.45) is 0 Å². The minimum atomic E-state index is -0.394. The van der Waals surface area contributed by atoms with Crippen LogP contribution in [0.2, 0.25) is 0 Å². The standard InChI is InChI=1S/C22H22FN5O2/c23-14-4-5-18-15(11-14)17-3-1-2-9-27(17)19-6-10-28-20(25-19)16(12-24-28)21(29)26-22(7-8-22)13-30-18/h4-6,10-12,17H,1-3,7-9,13H2,(H,26,29). The molecule has 1 spiro atoms. The van der Waals surface area contributed by atoms with Crippen LogP contribution >= 0.6 is 0 Å². The Morgan fingerprint density at radius 1 is 1.23 bits per heavy atom. The fourth-order valence-electron chi connectivity index (χ4n) is 4.60. The van der Waals surface area contributed by atoms with Crippen LogP contribution in [-0.4, -0.2) is 39.2 Å². The molecule has 1 unspecified atom stereocenters. The number of halogens is 1. The van der Waals surface area contributed by atoms with E-state index in [1.54, 1.807) is 22.8 Å². The molecule has 3 aromatic rings. The first-order valence-corrected chi connectivity index (χ1v) is 10.5. The number of carbonyl (C=O) groups is 1. The Balaban J connectivity index is 1.54. The van der Waals surface area contributed by atoms with Crippen LogP contribution in [-0.2, 0) is 0 Å². The molecule has 1 N–H and O–H groups in total. The van der Waals surface area contributed by atoms with Gasteiger partial charge in [0.15, 0.2) is 5.65 Å². The van der Waals surface area contributed by atoms with E-state index >= 15 is 0 Å². The Kier molecular flexibility index (Phi) is 3.78. The lowest BCUT2D eigenvalue weighted by Crippen LogP contribution is -2.41. The molecule has 30 heavy (non-hydrogen) atoms. The predicted molar refractivity (Wildman–Crippen MR) is 108 cm³/mol. The zero-order valence-corrected chi connectivity index (χ0v) is 16.5. The molecule has 2 aromatic heterocycles. The van der Waals surface area contributed by atoms with Crippen LogP contribution in [0.25, 0.3) is 5.65 Å². The molecular weight excluding hydrogens is 385 g/mol. The van der Waals surface area contributed by atoms with Gasteiger partial charge >= 0.3 is 0 Å². The van der Waals surface area contributed by atoms with Crippen molar-refractivity contribution in [3.63, 3.8) is 0 Å². The summed E-state index contributed by atoms with van der Waals surface area (Å²) >= 11 is 0. The molecule has 1 aliphatic carbocycles. The van der Waals surface area contributed by atoms with Crippen molar-refractivity contribution in [1.29, 1.82) is 0 Å². The number of nitrogens with one attached hydrogen (secondary N) is 1. The van der Waals surface area contributed by atoms with Crippen molar-refractivity contribution >= 4 is 17.4 Å². The van der Waals surface area contributed by atoms with E-state index in [-0.39, 0.29) is 17.8 Å². The van der Waals surface area contributed by atoms with Gasteiger partial charge in [-0.25, -0.2) is 13.9 Å². The molecule has 4 heterocycles.